The van der Waals surface area contributed by atoms with Crippen molar-refractivity contribution in [2.75, 3.05) is 13.2 Å². The normalized spacial score (nSPS) is 15.6. The topological polar surface area (TPSA) is 85.2 Å². The third kappa shape index (κ3) is 5.75. The molecule has 8 heteroatoms. The Morgan fingerprint density at radius 2 is 2.03 bits per heavy atom. The van der Waals surface area contributed by atoms with E-state index in [9.17, 15) is 14.7 Å². The zero-order chi connectivity index (χ0) is 24.0. The standard InChI is InChI=1S/C25H20BrNO5S/c1-4-12-32-19-11-10-17(26)13-16(19)14-20-22(28)21(25(30)31-5-2)24(33-20)27-23(29)18-9-7-6-8-15(18)3/h1,6-11,13-14,28H,5,12H2,2-3H3/b20-14-,27-24?. The summed E-state index contributed by atoms with van der Waals surface area (Å²) in [6, 6.07) is 12.3. The first-order chi connectivity index (χ1) is 15.8. The summed E-state index contributed by atoms with van der Waals surface area (Å²) in [5.41, 5.74) is 1.61. The summed E-state index contributed by atoms with van der Waals surface area (Å²) in [4.78, 5) is 29.9. The molecule has 1 aliphatic heterocycles. The number of terminal acetylenes is 1. The molecule has 0 radical (unpaired) electrons. The maximum Gasteiger partial charge on any atom is 0.344 e. The van der Waals surface area contributed by atoms with Crippen LogP contribution in [0.1, 0.15) is 28.4 Å². The highest BCUT2D eigenvalue weighted by Crippen LogP contribution is 2.40. The summed E-state index contributed by atoms with van der Waals surface area (Å²) in [6.07, 6.45) is 6.93. The number of benzene rings is 2. The molecule has 0 aromatic heterocycles. The Kier molecular flexibility index (Phi) is 8.15. The van der Waals surface area contributed by atoms with E-state index < -0.39 is 11.9 Å². The number of aliphatic hydroxyl groups is 1. The minimum Gasteiger partial charge on any atom is -0.506 e. The number of thioether (sulfide) groups is 1. The largest absolute Gasteiger partial charge is 0.506 e. The predicted octanol–water partition coefficient (Wildman–Crippen LogP) is 5.47. The molecule has 0 bridgehead atoms. The average Bonchev–Trinajstić information content (AvgIpc) is 3.08. The number of halogens is 1. The van der Waals surface area contributed by atoms with Gasteiger partial charge in [0, 0.05) is 15.6 Å². The van der Waals surface area contributed by atoms with Gasteiger partial charge in [-0.2, -0.15) is 0 Å². The smallest absolute Gasteiger partial charge is 0.344 e. The second-order valence-corrected chi connectivity index (χ2v) is 8.71. The minimum absolute atomic E-state index is 0.0616. The van der Waals surface area contributed by atoms with Gasteiger partial charge in [0.1, 0.15) is 28.7 Å². The fourth-order valence-corrected chi connectivity index (χ4v) is 4.36. The molecule has 0 saturated heterocycles. The number of hydrogen-bond donors (Lipinski definition) is 1. The van der Waals surface area contributed by atoms with Gasteiger partial charge in [-0.25, -0.2) is 9.79 Å². The molecule has 168 valence electrons. The highest BCUT2D eigenvalue weighted by atomic mass is 79.9. The molecule has 33 heavy (non-hydrogen) atoms. The Morgan fingerprint density at radius 1 is 1.27 bits per heavy atom. The molecule has 0 aliphatic carbocycles. The Labute approximate surface area is 204 Å². The lowest BCUT2D eigenvalue weighted by Gasteiger charge is -2.08. The van der Waals surface area contributed by atoms with Gasteiger partial charge in [-0.1, -0.05) is 51.8 Å². The van der Waals surface area contributed by atoms with Gasteiger partial charge in [-0.05, 0) is 49.8 Å². The lowest BCUT2D eigenvalue weighted by atomic mass is 10.1. The molecule has 0 spiro atoms. The number of esters is 1. The molecule has 0 fully saturated rings. The van der Waals surface area contributed by atoms with Crippen LogP contribution in [0.15, 0.2) is 68.2 Å². The van der Waals surface area contributed by atoms with Crippen LogP contribution in [0.25, 0.3) is 6.08 Å². The van der Waals surface area contributed by atoms with E-state index in [0.29, 0.717) is 21.8 Å². The van der Waals surface area contributed by atoms with Crippen LogP contribution in [0.2, 0.25) is 0 Å². The van der Waals surface area contributed by atoms with Crippen LogP contribution >= 0.6 is 27.7 Å². The van der Waals surface area contributed by atoms with Crippen LogP contribution in [0.4, 0.5) is 0 Å². The van der Waals surface area contributed by atoms with E-state index in [-0.39, 0.29) is 29.6 Å². The molecule has 3 rings (SSSR count). The lowest BCUT2D eigenvalue weighted by molar-refractivity contribution is -0.138. The molecule has 0 saturated carbocycles. The Hall–Kier alpha value is -3.28. The quantitative estimate of drug-likeness (QED) is 0.397. The molecule has 1 heterocycles. The molecular weight excluding hydrogens is 506 g/mol. The van der Waals surface area contributed by atoms with Crippen LogP contribution in [0, 0.1) is 19.3 Å². The SMILES string of the molecule is C#CCOc1ccc(Br)cc1/C=C1\SC(=NC(=O)c2ccccc2C)C(C(=O)OCC)=C1O. The van der Waals surface area contributed by atoms with Crippen molar-refractivity contribution in [3.05, 3.63) is 79.9 Å². The maximum atomic E-state index is 12.8. The number of ether oxygens (including phenoxy) is 2. The third-order valence-electron chi connectivity index (χ3n) is 4.52. The summed E-state index contributed by atoms with van der Waals surface area (Å²) < 4.78 is 11.4. The highest BCUT2D eigenvalue weighted by molar-refractivity contribution is 9.10. The predicted molar refractivity (Wildman–Crippen MR) is 133 cm³/mol. The fraction of sp³-hybridized carbons (Fsp3) is 0.160. The van der Waals surface area contributed by atoms with Crippen LogP contribution in [-0.4, -0.2) is 35.2 Å². The van der Waals surface area contributed by atoms with Crippen molar-refractivity contribution in [3.8, 4) is 18.1 Å². The number of carbonyl (C=O) groups is 2. The Balaban J connectivity index is 2.07. The van der Waals surface area contributed by atoms with E-state index in [0.717, 1.165) is 21.8 Å². The second-order valence-electron chi connectivity index (χ2n) is 6.77. The Bertz CT molecular complexity index is 1240. The average molecular weight is 526 g/mol. The van der Waals surface area contributed by atoms with Gasteiger partial charge in [0.25, 0.3) is 5.91 Å². The van der Waals surface area contributed by atoms with E-state index in [1.165, 1.54) is 0 Å². The van der Waals surface area contributed by atoms with E-state index in [4.69, 9.17) is 15.9 Å². The molecule has 1 N–H and O–H groups in total. The zero-order valence-corrected chi connectivity index (χ0v) is 20.3. The Morgan fingerprint density at radius 3 is 2.73 bits per heavy atom. The van der Waals surface area contributed by atoms with Crippen molar-refractivity contribution in [2.24, 2.45) is 4.99 Å². The van der Waals surface area contributed by atoms with Crippen molar-refractivity contribution >= 4 is 50.7 Å². The van der Waals surface area contributed by atoms with Gasteiger partial charge < -0.3 is 14.6 Å². The summed E-state index contributed by atoms with van der Waals surface area (Å²) in [6.45, 7) is 3.62. The summed E-state index contributed by atoms with van der Waals surface area (Å²) in [5.74, 6) is 1.30. The number of rotatable bonds is 6. The van der Waals surface area contributed by atoms with Gasteiger partial charge in [0.15, 0.2) is 0 Å². The second kappa shape index (κ2) is 11.0. The van der Waals surface area contributed by atoms with E-state index in [1.807, 2.05) is 6.07 Å². The zero-order valence-electron chi connectivity index (χ0n) is 17.9. The van der Waals surface area contributed by atoms with Gasteiger partial charge in [-0.3, -0.25) is 4.79 Å². The number of carbonyl (C=O) groups excluding carboxylic acids is 2. The number of aliphatic imine (C=N–C) groups is 1. The fourth-order valence-electron chi connectivity index (χ4n) is 2.98. The number of aryl methyl sites for hydroxylation is 1. The van der Waals surface area contributed by atoms with Crippen molar-refractivity contribution in [1.29, 1.82) is 0 Å². The van der Waals surface area contributed by atoms with E-state index >= 15 is 0 Å². The molecular formula is C25H20BrNO5S. The molecule has 0 atom stereocenters. The van der Waals surface area contributed by atoms with Crippen LogP contribution in [0.3, 0.4) is 0 Å². The number of aliphatic hydroxyl groups excluding tert-OH is 1. The van der Waals surface area contributed by atoms with Crippen LogP contribution < -0.4 is 4.74 Å². The monoisotopic (exact) mass is 525 g/mol. The van der Waals surface area contributed by atoms with Crippen molar-refractivity contribution in [1.82, 2.24) is 0 Å². The first kappa shape index (κ1) is 24.4. The van der Waals surface area contributed by atoms with Crippen molar-refractivity contribution in [3.63, 3.8) is 0 Å². The van der Waals surface area contributed by atoms with Gasteiger partial charge in [-0.15, -0.1) is 6.42 Å². The van der Waals surface area contributed by atoms with Gasteiger partial charge in [0.05, 0.1) is 11.5 Å². The van der Waals surface area contributed by atoms with Crippen LogP contribution in [0.5, 0.6) is 5.75 Å². The molecule has 1 amide bonds. The van der Waals surface area contributed by atoms with Gasteiger partial charge >= 0.3 is 5.97 Å². The van der Waals surface area contributed by atoms with E-state index in [1.54, 1.807) is 56.3 Å². The highest BCUT2D eigenvalue weighted by Gasteiger charge is 2.34. The van der Waals surface area contributed by atoms with Crippen molar-refractivity contribution < 1.29 is 24.2 Å². The van der Waals surface area contributed by atoms with E-state index in [2.05, 4.69) is 26.8 Å². The minimum atomic E-state index is -0.764. The third-order valence-corrected chi connectivity index (χ3v) is 6.03. The summed E-state index contributed by atoms with van der Waals surface area (Å²) in [5, 5.41) is 10.9. The molecule has 1 aliphatic rings. The molecule has 2 aromatic rings. The first-order valence-corrected chi connectivity index (χ1v) is 11.5. The number of nitrogens with zero attached hydrogens (tertiary/aromatic N) is 1. The van der Waals surface area contributed by atoms with Crippen molar-refractivity contribution in [2.45, 2.75) is 13.8 Å². The molecule has 0 unspecified atom stereocenters. The number of hydrogen-bond acceptors (Lipinski definition) is 6. The lowest BCUT2D eigenvalue weighted by Crippen LogP contribution is -2.14. The summed E-state index contributed by atoms with van der Waals surface area (Å²) >= 11 is 4.41. The molecule has 6 nitrogen and oxygen atoms in total. The first-order valence-electron chi connectivity index (χ1n) is 9.90. The molecule has 2 aromatic carbocycles. The number of amides is 1. The maximum absolute atomic E-state index is 12.8. The van der Waals surface area contributed by atoms with Crippen LogP contribution in [-0.2, 0) is 9.53 Å². The van der Waals surface area contributed by atoms with Gasteiger partial charge in [0.2, 0.25) is 0 Å². The summed E-state index contributed by atoms with van der Waals surface area (Å²) in [7, 11) is 0.